The van der Waals surface area contributed by atoms with Crippen LogP contribution in [0, 0.1) is 0 Å². The molecule has 0 atom stereocenters. The normalized spacial score (nSPS) is 10.9. The maximum atomic E-state index is 11.6. The van der Waals surface area contributed by atoms with Gasteiger partial charge in [-0.2, -0.15) is 0 Å². The summed E-state index contributed by atoms with van der Waals surface area (Å²) in [6.45, 7) is 1.20. The fraction of sp³-hybridized carbons (Fsp3) is 0.200. The van der Waals surface area contributed by atoms with E-state index in [1.54, 1.807) is 4.72 Å². The lowest BCUT2D eigenvalue weighted by molar-refractivity contribution is -0.126. The predicted octanol–water partition coefficient (Wildman–Crippen LogP) is 1.12. The van der Waals surface area contributed by atoms with Gasteiger partial charge in [0.25, 0.3) is 10.0 Å². The molecule has 1 rings (SSSR count). The van der Waals surface area contributed by atoms with Gasteiger partial charge >= 0.3 is 0 Å². The molecule has 0 bridgehead atoms. The molecule has 1 aromatic carbocycles. The summed E-state index contributed by atoms with van der Waals surface area (Å²) in [7, 11) is -3.93. The molecule has 17 heavy (non-hydrogen) atoms. The summed E-state index contributed by atoms with van der Waals surface area (Å²) in [5.41, 5.74) is 0. The zero-order valence-electron chi connectivity index (χ0n) is 8.94. The summed E-state index contributed by atoms with van der Waals surface area (Å²) in [5, 5.41) is 0.388. The molecule has 0 aliphatic carbocycles. The third-order valence-corrected chi connectivity index (χ3v) is 3.42. The number of benzene rings is 1. The number of hydrogen-bond donors (Lipinski definition) is 1. The Balaban J connectivity index is 2.86. The van der Waals surface area contributed by atoms with E-state index >= 15 is 0 Å². The quantitative estimate of drug-likeness (QED) is 0.835. The predicted molar refractivity (Wildman–Crippen MR) is 62.1 cm³/mol. The summed E-state index contributed by atoms with van der Waals surface area (Å²) >= 11 is 5.61. The minimum absolute atomic E-state index is 0.0844. The van der Waals surface area contributed by atoms with Crippen molar-refractivity contribution in [3.63, 3.8) is 0 Å². The molecule has 0 unspecified atom stereocenters. The van der Waals surface area contributed by atoms with Crippen LogP contribution in [-0.2, 0) is 19.6 Å². The van der Waals surface area contributed by atoms with E-state index < -0.39 is 28.1 Å². The van der Waals surface area contributed by atoms with E-state index in [-0.39, 0.29) is 4.90 Å². The summed E-state index contributed by atoms with van der Waals surface area (Å²) in [6, 6.07) is 5.33. The molecule has 0 aliphatic rings. The minimum Gasteiger partial charge on any atom is -0.299 e. The SMILES string of the molecule is CC(=O)CC(=O)NS(=O)(=O)c1ccc(Cl)cc1. The average molecular weight is 276 g/mol. The Morgan fingerprint density at radius 3 is 2.24 bits per heavy atom. The lowest BCUT2D eigenvalue weighted by Crippen LogP contribution is -2.31. The monoisotopic (exact) mass is 275 g/mol. The Hall–Kier alpha value is -1.40. The van der Waals surface area contributed by atoms with Crippen LogP contribution in [0.1, 0.15) is 13.3 Å². The third-order valence-electron chi connectivity index (χ3n) is 1.78. The highest BCUT2D eigenvalue weighted by Crippen LogP contribution is 2.13. The Morgan fingerprint density at radius 2 is 1.76 bits per heavy atom. The van der Waals surface area contributed by atoms with Crippen LogP contribution < -0.4 is 4.72 Å². The molecule has 0 saturated carbocycles. The number of rotatable bonds is 4. The Kier molecular flexibility index (Phi) is 4.25. The lowest BCUT2D eigenvalue weighted by Gasteiger charge is -2.05. The van der Waals surface area contributed by atoms with Gasteiger partial charge in [-0.1, -0.05) is 11.6 Å². The van der Waals surface area contributed by atoms with Crippen LogP contribution in [0.5, 0.6) is 0 Å². The van der Waals surface area contributed by atoms with Gasteiger partial charge < -0.3 is 0 Å². The Morgan fingerprint density at radius 1 is 1.24 bits per heavy atom. The molecule has 0 saturated heterocycles. The number of amides is 1. The number of carbonyl (C=O) groups excluding carboxylic acids is 2. The highest BCUT2D eigenvalue weighted by Gasteiger charge is 2.18. The van der Waals surface area contributed by atoms with Crippen LogP contribution in [-0.4, -0.2) is 20.1 Å². The van der Waals surface area contributed by atoms with Crippen molar-refractivity contribution in [2.45, 2.75) is 18.2 Å². The second-order valence-corrected chi connectivity index (χ2v) is 5.48. The van der Waals surface area contributed by atoms with Gasteiger partial charge in [0.1, 0.15) is 5.78 Å². The van der Waals surface area contributed by atoms with E-state index in [9.17, 15) is 18.0 Å². The van der Waals surface area contributed by atoms with Crippen molar-refractivity contribution >= 4 is 33.3 Å². The van der Waals surface area contributed by atoms with Crippen molar-refractivity contribution in [1.82, 2.24) is 4.72 Å². The highest BCUT2D eigenvalue weighted by atomic mass is 35.5. The van der Waals surface area contributed by atoms with Crippen LogP contribution in [0.15, 0.2) is 29.2 Å². The fourth-order valence-corrected chi connectivity index (χ4v) is 2.19. The van der Waals surface area contributed by atoms with Crippen LogP contribution >= 0.6 is 11.6 Å². The molecule has 0 fully saturated rings. The van der Waals surface area contributed by atoms with Gasteiger partial charge in [-0.05, 0) is 31.2 Å². The highest BCUT2D eigenvalue weighted by molar-refractivity contribution is 7.90. The first-order valence-corrected chi connectivity index (χ1v) is 6.48. The maximum absolute atomic E-state index is 11.6. The van der Waals surface area contributed by atoms with Crippen molar-refractivity contribution in [3.05, 3.63) is 29.3 Å². The Labute approximate surface area is 104 Å². The summed E-state index contributed by atoms with van der Waals surface area (Å²) < 4.78 is 25.1. The molecule has 0 heterocycles. The molecule has 1 amide bonds. The van der Waals surface area contributed by atoms with Crippen molar-refractivity contribution in [2.24, 2.45) is 0 Å². The van der Waals surface area contributed by atoms with Crippen LogP contribution in [0.4, 0.5) is 0 Å². The molecule has 92 valence electrons. The van der Waals surface area contributed by atoms with Crippen LogP contribution in [0.3, 0.4) is 0 Å². The summed E-state index contributed by atoms with van der Waals surface area (Å²) in [4.78, 5) is 21.7. The Bertz CT molecular complexity index is 536. The zero-order chi connectivity index (χ0) is 13.1. The lowest BCUT2D eigenvalue weighted by atomic mass is 10.3. The number of carbonyl (C=O) groups is 2. The summed E-state index contributed by atoms with van der Waals surface area (Å²) in [6.07, 6.45) is -0.465. The number of sulfonamides is 1. The fourth-order valence-electron chi connectivity index (χ4n) is 1.08. The molecular formula is C10H10ClNO4S. The molecule has 7 heteroatoms. The molecule has 0 spiro atoms. The maximum Gasteiger partial charge on any atom is 0.264 e. The molecule has 0 radical (unpaired) electrons. The van der Waals surface area contributed by atoms with Crippen molar-refractivity contribution < 1.29 is 18.0 Å². The van der Waals surface area contributed by atoms with Gasteiger partial charge in [-0.3, -0.25) is 9.59 Å². The molecule has 5 nitrogen and oxygen atoms in total. The standard InChI is InChI=1S/C10H10ClNO4S/c1-7(13)6-10(14)12-17(15,16)9-4-2-8(11)3-5-9/h2-5H,6H2,1H3,(H,12,14). The van der Waals surface area contributed by atoms with Gasteiger partial charge in [0.05, 0.1) is 11.3 Å². The number of Topliss-reactive ketones (excluding diaryl/α,β-unsaturated/α-hetero) is 1. The van der Waals surface area contributed by atoms with Gasteiger partial charge in [-0.15, -0.1) is 0 Å². The molecule has 0 aromatic heterocycles. The van der Waals surface area contributed by atoms with Gasteiger partial charge in [0.15, 0.2) is 0 Å². The first kappa shape index (κ1) is 13.7. The van der Waals surface area contributed by atoms with Gasteiger partial charge in [-0.25, -0.2) is 13.1 Å². The number of nitrogens with one attached hydrogen (secondary N) is 1. The van der Waals surface area contributed by atoms with Crippen LogP contribution in [0.25, 0.3) is 0 Å². The molecule has 1 N–H and O–H groups in total. The molecule has 1 aromatic rings. The second kappa shape index (κ2) is 5.29. The van der Waals surface area contributed by atoms with E-state index in [2.05, 4.69) is 0 Å². The van der Waals surface area contributed by atoms with Gasteiger partial charge in [0, 0.05) is 5.02 Å². The van der Waals surface area contributed by atoms with E-state index in [0.717, 1.165) is 0 Å². The average Bonchev–Trinajstić information content (AvgIpc) is 2.15. The number of hydrogen-bond acceptors (Lipinski definition) is 4. The minimum atomic E-state index is -3.93. The van der Waals surface area contributed by atoms with Gasteiger partial charge in [0.2, 0.25) is 5.91 Å². The topological polar surface area (TPSA) is 80.3 Å². The zero-order valence-corrected chi connectivity index (χ0v) is 10.5. The van der Waals surface area contributed by atoms with Crippen molar-refractivity contribution in [2.75, 3.05) is 0 Å². The number of halogens is 1. The van der Waals surface area contributed by atoms with Crippen molar-refractivity contribution in [3.8, 4) is 0 Å². The largest absolute Gasteiger partial charge is 0.299 e. The third kappa shape index (κ3) is 4.16. The first-order valence-electron chi connectivity index (χ1n) is 4.62. The van der Waals surface area contributed by atoms with E-state index in [4.69, 9.17) is 11.6 Å². The molecular weight excluding hydrogens is 266 g/mol. The van der Waals surface area contributed by atoms with Crippen LogP contribution in [0.2, 0.25) is 5.02 Å². The smallest absolute Gasteiger partial charge is 0.264 e. The summed E-state index contributed by atoms with van der Waals surface area (Å²) in [5.74, 6) is -1.26. The van der Waals surface area contributed by atoms with E-state index in [1.165, 1.54) is 31.2 Å². The van der Waals surface area contributed by atoms with E-state index in [0.29, 0.717) is 5.02 Å². The first-order chi connectivity index (χ1) is 7.81. The molecule has 0 aliphatic heterocycles. The van der Waals surface area contributed by atoms with Crippen molar-refractivity contribution in [1.29, 1.82) is 0 Å². The number of ketones is 1. The van der Waals surface area contributed by atoms with E-state index in [1.807, 2.05) is 0 Å². The second-order valence-electron chi connectivity index (χ2n) is 3.36.